The summed E-state index contributed by atoms with van der Waals surface area (Å²) >= 11 is 1.21. The molecule has 0 amide bonds. The molecular formula is C18H23NO6S2. The van der Waals surface area contributed by atoms with E-state index in [-0.39, 0.29) is 18.0 Å². The molecule has 0 aliphatic carbocycles. The molecule has 0 saturated heterocycles. The number of aromatic carboxylic acids is 1. The van der Waals surface area contributed by atoms with E-state index in [9.17, 15) is 13.2 Å². The Morgan fingerprint density at radius 2 is 1.93 bits per heavy atom. The Bertz CT molecular complexity index is 862. The molecule has 2 aromatic rings. The monoisotopic (exact) mass is 413 g/mol. The lowest BCUT2D eigenvalue weighted by Crippen LogP contribution is -2.34. The second-order valence-corrected chi connectivity index (χ2v) is 9.01. The maximum atomic E-state index is 12.0. The normalized spacial score (nSPS) is 11.5. The Labute approximate surface area is 163 Å². The summed E-state index contributed by atoms with van der Waals surface area (Å²) in [6, 6.07) is 10.5. The summed E-state index contributed by atoms with van der Waals surface area (Å²) in [5, 5.41) is 8.94. The van der Waals surface area contributed by atoms with Crippen LogP contribution in [0.15, 0.2) is 36.4 Å². The largest absolute Gasteiger partial charge is 0.497 e. The van der Waals surface area contributed by atoms with Crippen LogP contribution in [0.2, 0.25) is 0 Å². The van der Waals surface area contributed by atoms with Crippen LogP contribution in [-0.4, -0.2) is 56.9 Å². The van der Waals surface area contributed by atoms with Crippen molar-refractivity contribution in [3.63, 3.8) is 0 Å². The third kappa shape index (κ3) is 6.85. The molecule has 1 aromatic carbocycles. The summed E-state index contributed by atoms with van der Waals surface area (Å²) in [5.74, 6) is 0.338. The number of carboxylic acids is 1. The van der Waals surface area contributed by atoms with Gasteiger partial charge < -0.3 is 14.6 Å². The number of hydrogen-bond acceptors (Lipinski definition) is 6. The minimum atomic E-state index is -3.36. The first-order chi connectivity index (χ1) is 12.8. The van der Waals surface area contributed by atoms with Gasteiger partial charge in [0, 0.05) is 24.0 Å². The van der Waals surface area contributed by atoms with E-state index < -0.39 is 16.0 Å². The highest BCUT2D eigenvalue weighted by Crippen LogP contribution is 2.20. The van der Waals surface area contributed by atoms with Crippen molar-refractivity contribution in [2.45, 2.75) is 12.8 Å². The number of carbonyl (C=O) groups is 1. The van der Waals surface area contributed by atoms with Gasteiger partial charge in [0.2, 0.25) is 10.0 Å². The predicted octanol–water partition coefficient (Wildman–Crippen LogP) is 2.73. The Morgan fingerprint density at radius 1 is 1.19 bits per heavy atom. The zero-order chi connectivity index (χ0) is 19.9. The lowest BCUT2D eigenvalue weighted by molar-refractivity contribution is 0.0702. The molecule has 148 valence electrons. The minimum Gasteiger partial charge on any atom is -0.497 e. The van der Waals surface area contributed by atoms with Gasteiger partial charge in [-0.05, 0) is 37.1 Å². The number of nitrogens with zero attached hydrogens (tertiary/aromatic N) is 1. The topological polar surface area (TPSA) is 93.1 Å². The number of aryl methyl sites for hydroxylation is 1. The van der Waals surface area contributed by atoms with Crippen molar-refractivity contribution < 1.29 is 27.8 Å². The maximum Gasteiger partial charge on any atom is 0.345 e. The van der Waals surface area contributed by atoms with E-state index in [2.05, 4.69) is 0 Å². The number of benzene rings is 1. The van der Waals surface area contributed by atoms with Crippen LogP contribution in [0.3, 0.4) is 0 Å². The van der Waals surface area contributed by atoms with Gasteiger partial charge >= 0.3 is 5.97 Å². The highest BCUT2D eigenvalue weighted by atomic mass is 32.2. The van der Waals surface area contributed by atoms with Crippen molar-refractivity contribution >= 4 is 27.3 Å². The van der Waals surface area contributed by atoms with Crippen LogP contribution < -0.4 is 9.47 Å². The van der Waals surface area contributed by atoms with Gasteiger partial charge in [-0.25, -0.2) is 13.2 Å². The first-order valence-electron chi connectivity index (χ1n) is 8.33. The minimum absolute atomic E-state index is 0.225. The molecule has 27 heavy (non-hydrogen) atoms. The van der Waals surface area contributed by atoms with Gasteiger partial charge in [0.15, 0.2) is 0 Å². The van der Waals surface area contributed by atoms with Crippen molar-refractivity contribution in [3.05, 3.63) is 46.2 Å². The molecule has 0 saturated carbocycles. The van der Waals surface area contributed by atoms with Gasteiger partial charge in [0.05, 0.1) is 13.4 Å². The average molecular weight is 414 g/mol. The molecule has 0 aliphatic rings. The third-order valence-electron chi connectivity index (χ3n) is 3.82. The number of thiophene rings is 1. The number of ether oxygens (including phenoxy) is 2. The second kappa shape index (κ2) is 9.72. The molecule has 9 heteroatoms. The summed E-state index contributed by atoms with van der Waals surface area (Å²) in [7, 11) is -1.79. The Hall–Kier alpha value is -2.10. The number of methoxy groups -OCH3 is 1. The molecule has 0 spiro atoms. The van der Waals surface area contributed by atoms with Crippen LogP contribution in [0, 0.1) is 0 Å². The molecular weight excluding hydrogens is 390 g/mol. The Balaban J connectivity index is 1.84. The zero-order valence-corrected chi connectivity index (χ0v) is 16.9. The Kier molecular flexibility index (Phi) is 7.64. The van der Waals surface area contributed by atoms with Crippen LogP contribution in [-0.2, 0) is 16.4 Å². The average Bonchev–Trinajstić information content (AvgIpc) is 3.09. The second-order valence-electron chi connectivity index (χ2n) is 5.86. The Morgan fingerprint density at radius 3 is 2.56 bits per heavy atom. The molecule has 1 N–H and O–H groups in total. The number of carboxylic acid groups (broad SMARTS) is 1. The van der Waals surface area contributed by atoms with Crippen molar-refractivity contribution in [1.82, 2.24) is 4.31 Å². The molecule has 0 bridgehead atoms. The van der Waals surface area contributed by atoms with Crippen molar-refractivity contribution in [1.29, 1.82) is 0 Å². The van der Waals surface area contributed by atoms with Gasteiger partial charge in [0.25, 0.3) is 0 Å². The molecule has 0 atom stereocenters. The van der Waals surface area contributed by atoms with Crippen LogP contribution >= 0.6 is 11.3 Å². The van der Waals surface area contributed by atoms with E-state index in [1.807, 2.05) is 0 Å². The van der Waals surface area contributed by atoms with Crippen LogP contribution in [0.4, 0.5) is 0 Å². The van der Waals surface area contributed by atoms with Crippen LogP contribution in [0.25, 0.3) is 0 Å². The number of hydrogen-bond donors (Lipinski definition) is 1. The number of rotatable bonds is 11. The molecule has 0 aliphatic heterocycles. The number of sulfonamides is 1. The molecule has 0 radical (unpaired) electrons. The van der Waals surface area contributed by atoms with Gasteiger partial charge in [-0.3, -0.25) is 0 Å². The van der Waals surface area contributed by atoms with Crippen molar-refractivity contribution in [3.8, 4) is 11.5 Å². The van der Waals surface area contributed by atoms with Crippen molar-refractivity contribution in [2.24, 2.45) is 0 Å². The molecule has 0 fully saturated rings. The van der Waals surface area contributed by atoms with Crippen LogP contribution in [0.1, 0.15) is 21.0 Å². The standard InChI is InChI=1S/C18H23NO6S2/c1-24-14-5-3-6-15(13-14)25-12-11-19(27(2,22)23)10-4-7-16-8-9-17(26-16)18(20)21/h3,5-6,8-9,13H,4,7,10-12H2,1-2H3,(H,20,21). The highest BCUT2D eigenvalue weighted by Gasteiger charge is 2.16. The van der Waals surface area contributed by atoms with E-state index >= 15 is 0 Å². The van der Waals surface area contributed by atoms with E-state index in [0.29, 0.717) is 30.9 Å². The predicted molar refractivity (Wildman–Crippen MR) is 105 cm³/mol. The summed E-state index contributed by atoms with van der Waals surface area (Å²) in [5.41, 5.74) is 0. The SMILES string of the molecule is COc1cccc(OCCN(CCCc2ccc(C(=O)O)s2)S(C)(=O)=O)c1. The maximum absolute atomic E-state index is 12.0. The molecule has 1 heterocycles. The first kappa shape index (κ1) is 21.2. The summed E-state index contributed by atoms with van der Waals surface area (Å²) in [6.07, 6.45) is 2.40. The smallest absolute Gasteiger partial charge is 0.345 e. The lowest BCUT2D eigenvalue weighted by Gasteiger charge is -2.20. The molecule has 7 nitrogen and oxygen atoms in total. The van der Waals surface area contributed by atoms with Crippen molar-refractivity contribution in [2.75, 3.05) is 33.1 Å². The summed E-state index contributed by atoms with van der Waals surface area (Å²) in [4.78, 5) is 12.1. The third-order valence-corrected chi connectivity index (χ3v) is 6.26. The van der Waals surface area contributed by atoms with Crippen LogP contribution in [0.5, 0.6) is 11.5 Å². The van der Waals surface area contributed by atoms with Gasteiger partial charge in [0.1, 0.15) is 23.0 Å². The molecule has 1 aromatic heterocycles. The van der Waals surface area contributed by atoms with E-state index in [4.69, 9.17) is 14.6 Å². The van der Waals surface area contributed by atoms with Gasteiger partial charge in [-0.15, -0.1) is 11.3 Å². The first-order valence-corrected chi connectivity index (χ1v) is 11.0. The summed E-state index contributed by atoms with van der Waals surface area (Å²) < 4.78 is 36.1. The highest BCUT2D eigenvalue weighted by molar-refractivity contribution is 7.88. The van der Waals surface area contributed by atoms with Gasteiger partial charge in [-0.1, -0.05) is 6.07 Å². The molecule has 0 unspecified atom stereocenters. The summed E-state index contributed by atoms with van der Waals surface area (Å²) in [6.45, 7) is 0.809. The van der Waals surface area contributed by atoms with Gasteiger partial charge in [-0.2, -0.15) is 4.31 Å². The van der Waals surface area contributed by atoms with E-state index in [0.717, 1.165) is 4.88 Å². The lowest BCUT2D eigenvalue weighted by atomic mass is 10.2. The fraction of sp³-hybridized carbons (Fsp3) is 0.389. The zero-order valence-electron chi connectivity index (χ0n) is 15.3. The van der Waals surface area contributed by atoms with E-state index in [1.54, 1.807) is 43.5 Å². The van der Waals surface area contributed by atoms with E-state index in [1.165, 1.54) is 21.9 Å². The quantitative estimate of drug-likeness (QED) is 0.609. The molecule has 2 rings (SSSR count). The fourth-order valence-corrected chi connectivity index (χ4v) is 4.21. The fourth-order valence-electron chi connectivity index (χ4n) is 2.46.